The summed E-state index contributed by atoms with van der Waals surface area (Å²) < 4.78 is 11.5. The molecule has 0 radical (unpaired) electrons. The summed E-state index contributed by atoms with van der Waals surface area (Å²) >= 11 is 1.84. The second-order valence-electron chi connectivity index (χ2n) is 14.4. The van der Waals surface area contributed by atoms with Crippen molar-refractivity contribution >= 4 is 75.3 Å². The lowest BCUT2D eigenvalue weighted by Crippen LogP contribution is -2.01. The summed E-state index contributed by atoms with van der Waals surface area (Å²) in [6.07, 6.45) is 0. The Kier molecular flexibility index (Phi) is 7.03. The molecule has 6 heteroatoms. The van der Waals surface area contributed by atoms with Crippen molar-refractivity contribution in [3.8, 4) is 51.0 Å². The molecule has 0 atom stereocenters. The van der Waals surface area contributed by atoms with E-state index in [1.54, 1.807) is 0 Å². The second kappa shape index (κ2) is 12.6. The van der Waals surface area contributed by atoms with Crippen molar-refractivity contribution in [1.29, 1.82) is 0 Å². The highest BCUT2D eigenvalue weighted by atomic mass is 32.1. The number of furan rings is 1. The molecular weight excluding hydrogens is 717 g/mol. The van der Waals surface area contributed by atoms with E-state index in [0.29, 0.717) is 17.5 Å². The third-order valence-corrected chi connectivity index (χ3v) is 12.3. The van der Waals surface area contributed by atoms with Gasteiger partial charge in [-0.2, -0.15) is 0 Å². The van der Waals surface area contributed by atoms with Gasteiger partial charge in [0.1, 0.15) is 11.2 Å². The fourth-order valence-corrected chi connectivity index (χ4v) is 9.63. The highest BCUT2D eigenvalue weighted by Crippen LogP contribution is 2.42. The van der Waals surface area contributed by atoms with Gasteiger partial charge in [0.25, 0.3) is 0 Å². The molecular formula is C51H30N4OS. The normalized spacial score (nSPS) is 11.9. The molecule has 0 amide bonds. The Morgan fingerprint density at radius 3 is 1.67 bits per heavy atom. The fraction of sp³-hybridized carbons (Fsp3) is 0. The van der Waals surface area contributed by atoms with Crippen LogP contribution in [0.4, 0.5) is 0 Å². The van der Waals surface area contributed by atoms with Gasteiger partial charge in [-0.1, -0.05) is 127 Å². The van der Waals surface area contributed by atoms with E-state index in [4.69, 9.17) is 19.4 Å². The number of fused-ring (bicyclic) bond motifs is 9. The number of rotatable bonds is 5. The van der Waals surface area contributed by atoms with Crippen molar-refractivity contribution in [2.24, 2.45) is 0 Å². The van der Waals surface area contributed by atoms with Gasteiger partial charge < -0.3 is 8.98 Å². The van der Waals surface area contributed by atoms with Crippen LogP contribution in [0.3, 0.4) is 0 Å². The summed E-state index contributed by atoms with van der Waals surface area (Å²) in [7, 11) is 0. The van der Waals surface area contributed by atoms with E-state index < -0.39 is 0 Å². The van der Waals surface area contributed by atoms with Crippen LogP contribution >= 0.6 is 11.3 Å². The largest absolute Gasteiger partial charge is 0.456 e. The Balaban J connectivity index is 0.982. The molecule has 0 fully saturated rings. The summed E-state index contributed by atoms with van der Waals surface area (Å²) in [5.74, 6) is 1.80. The first-order valence-corrected chi connectivity index (χ1v) is 19.8. The van der Waals surface area contributed by atoms with Crippen molar-refractivity contribution in [2.45, 2.75) is 0 Å². The van der Waals surface area contributed by atoms with Gasteiger partial charge in [-0.3, -0.25) is 0 Å². The summed E-state index contributed by atoms with van der Waals surface area (Å²) in [6, 6.07) is 63.7. The van der Waals surface area contributed by atoms with Crippen LogP contribution in [-0.4, -0.2) is 19.5 Å². The lowest BCUT2D eigenvalue weighted by atomic mass is 10.0. The van der Waals surface area contributed by atoms with Gasteiger partial charge in [0, 0.05) is 64.1 Å². The first-order chi connectivity index (χ1) is 28.2. The summed E-state index contributed by atoms with van der Waals surface area (Å²) in [5, 5.41) is 7.15. The quantitative estimate of drug-likeness (QED) is 0.176. The number of aromatic nitrogens is 4. The molecule has 57 heavy (non-hydrogen) atoms. The molecule has 5 nitrogen and oxygen atoms in total. The van der Waals surface area contributed by atoms with Crippen molar-refractivity contribution in [2.75, 3.05) is 0 Å². The van der Waals surface area contributed by atoms with Gasteiger partial charge in [-0.15, -0.1) is 11.3 Å². The molecule has 0 bridgehead atoms. The van der Waals surface area contributed by atoms with Crippen LogP contribution in [0.1, 0.15) is 0 Å². The highest BCUT2D eigenvalue weighted by molar-refractivity contribution is 7.26. The predicted octanol–water partition coefficient (Wildman–Crippen LogP) is 13.9. The molecule has 266 valence electrons. The van der Waals surface area contributed by atoms with E-state index in [1.807, 2.05) is 41.7 Å². The van der Waals surface area contributed by atoms with Crippen molar-refractivity contribution in [3.05, 3.63) is 182 Å². The minimum absolute atomic E-state index is 0.584. The lowest BCUT2D eigenvalue weighted by molar-refractivity contribution is 0.669. The molecule has 0 unspecified atom stereocenters. The smallest absolute Gasteiger partial charge is 0.164 e. The van der Waals surface area contributed by atoms with Crippen LogP contribution in [-0.2, 0) is 0 Å². The molecule has 0 saturated heterocycles. The number of thiophene rings is 1. The minimum Gasteiger partial charge on any atom is -0.456 e. The summed E-state index contributed by atoms with van der Waals surface area (Å²) in [6.45, 7) is 0. The Labute approximate surface area is 330 Å². The van der Waals surface area contributed by atoms with E-state index in [-0.39, 0.29) is 0 Å². The molecule has 4 aromatic heterocycles. The fourth-order valence-electron chi connectivity index (χ4n) is 8.39. The van der Waals surface area contributed by atoms with Gasteiger partial charge in [-0.05, 0) is 65.7 Å². The number of hydrogen-bond acceptors (Lipinski definition) is 5. The molecule has 12 rings (SSSR count). The number of benzene rings is 8. The predicted molar refractivity (Wildman–Crippen MR) is 236 cm³/mol. The van der Waals surface area contributed by atoms with E-state index in [0.717, 1.165) is 60.9 Å². The zero-order valence-corrected chi connectivity index (χ0v) is 31.2. The molecule has 0 saturated carbocycles. The first kappa shape index (κ1) is 31.9. The molecule has 4 heterocycles. The minimum atomic E-state index is 0.584. The molecule has 0 spiro atoms. The number of hydrogen-bond donors (Lipinski definition) is 0. The highest BCUT2D eigenvalue weighted by Gasteiger charge is 2.18. The molecule has 0 aliphatic rings. The summed E-state index contributed by atoms with van der Waals surface area (Å²) in [5.41, 5.74) is 10.0. The van der Waals surface area contributed by atoms with Crippen molar-refractivity contribution < 1.29 is 4.42 Å². The molecule has 0 aliphatic carbocycles. The average Bonchev–Trinajstić information content (AvgIpc) is 3.95. The van der Waals surface area contributed by atoms with E-state index in [1.165, 1.54) is 36.5 Å². The van der Waals surface area contributed by atoms with E-state index in [9.17, 15) is 0 Å². The van der Waals surface area contributed by atoms with Gasteiger partial charge in [0.15, 0.2) is 17.5 Å². The monoisotopic (exact) mass is 746 g/mol. The van der Waals surface area contributed by atoms with Crippen LogP contribution in [0, 0.1) is 0 Å². The van der Waals surface area contributed by atoms with Gasteiger partial charge in [-0.25, -0.2) is 15.0 Å². The van der Waals surface area contributed by atoms with Crippen LogP contribution in [0.5, 0.6) is 0 Å². The molecule has 8 aromatic carbocycles. The van der Waals surface area contributed by atoms with Gasteiger partial charge in [0.05, 0.1) is 11.0 Å². The van der Waals surface area contributed by atoms with Crippen LogP contribution < -0.4 is 0 Å². The first-order valence-electron chi connectivity index (χ1n) is 19.0. The van der Waals surface area contributed by atoms with E-state index in [2.05, 4.69) is 156 Å². The Morgan fingerprint density at radius 1 is 0.386 bits per heavy atom. The zero-order chi connectivity index (χ0) is 37.5. The van der Waals surface area contributed by atoms with E-state index >= 15 is 0 Å². The van der Waals surface area contributed by atoms with Crippen LogP contribution in [0.25, 0.3) is 115 Å². The third-order valence-electron chi connectivity index (χ3n) is 11.1. The van der Waals surface area contributed by atoms with Crippen molar-refractivity contribution in [1.82, 2.24) is 19.5 Å². The van der Waals surface area contributed by atoms with Gasteiger partial charge in [0.2, 0.25) is 0 Å². The Morgan fingerprint density at radius 2 is 0.930 bits per heavy atom. The topological polar surface area (TPSA) is 56.7 Å². The summed E-state index contributed by atoms with van der Waals surface area (Å²) in [4.78, 5) is 15.2. The Hall–Kier alpha value is -7.41. The van der Waals surface area contributed by atoms with Crippen LogP contribution in [0.2, 0.25) is 0 Å². The standard InChI is InChI=1S/C51H30N4OS/c1-2-12-31(13-3-1)49-52-50(33-14-10-15-35(28-33)55-43-21-7-4-16-37(43)38-17-5-8-22-44(38)55)54-51(53-49)34-25-27-40-39-26-24-32(29-45(39)56-46(40)30-34)36-19-11-20-42-41-18-6-9-23-47(41)57-48(36)42/h1-30H. The second-order valence-corrected chi connectivity index (χ2v) is 15.4. The number of nitrogens with zero attached hydrogens (tertiary/aromatic N) is 4. The lowest BCUT2D eigenvalue weighted by Gasteiger charge is -2.11. The Bertz CT molecular complexity index is 3490. The van der Waals surface area contributed by atoms with Crippen LogP contribution in [0.15, 0.2) is 186 Å². The maximum absolute atomic E-state index is 6.63. The molecule has 0 N–H and O–H groups in total. The maximum atomic E-state index is 6.63. The molecule has 0 aliphatic heterocycles. The number of para-hydroxylation sites is 2. The van der Waals surface area contributed by atoms with Gasteiger partial charge >= 0.3 is 0 Å². The molecule has 12 aromatic rings. The zero-order valence-electron chi connectivity index (χ0n) is 30.4. The maximum Gasteiger partial charge on any atom is 0.164 e. The average molecular weight is 747 g/mol. The SMILES string of the molecule is c1ccc(-c2nc(-c3cccc(-n4c5ccccc5c5ccccc54)c3)nc(-c3ccc4c(c3)oc3cc(-c5cccc6c5sc5ccccc56)ccc34)n2)cc1. The third kappa shape index (κ3) is 5.12. The van der Waals surface area contributed by atoms with Crippen molar-refractivity contribution in [3.63, 3.8) is 0 Å².